The number of amides is 1. The number of hydrogen-bond donors (Lipinski definition) is 1. The molecule has 1 aliphatic rings. The highest BCUT2D eigenvalue weighted by atomic mass is 19.4. The lowest BCUT2D eigenvalue weighted by molar-refractivity contribution is -0.145. The van der Waals surface area contributed by atoms with E-state index in [-0.39, 0.29) is 11.8 Å². The molecular weight excluding hydrogens is 345 g/mol. The molecule has 1 atom stereocenters. The van der Waals surface area contributed by atoms with Crippen LogP contribution in [0.1, 0.15) is 11.4 Å². The predicted octanol–water partition coefficient (Wildman–Crippen LogP) is 3.11. The van der Waals surface area contributed by atoms with Crippen LogP contribution < -0.4 is 10.2 Å². The maximum Gasteiger partial charge on any atom is 0.451 e. The molecule has 0 saturated heterocycles. The summed E-state index contributed by atoms with van der Waals surface area (Å²) in [5, 5.41) is 2.77. The third-order valence-corrected chi connectivity index (χ3v) is 4.19. The second-order valence-corrected chi connectivity index (χ2v) is 6.02. The van der Waals surface area contributed by atoms with Gasteiger partial charge in [-0.2, -0.15) is 13.2 Å². The van der Waals surface area contributed by atoms with Gasteiger partial charge in [0.05, 0.1) is 18.1 Å². The van der Waals surface area contributed by atoms with Crippen LogP contribution in [-0.4, -0.2) is 29.0 Å². The number of aromatic nitrogens is 2. The molecule has 0 saturated carbocycles. The Bertz CT molecular complexity index is 805. The number of nitrogens with zero attached hydrogens (tertiary/aromatic N) is 3. The molecule has 0 spiro atoms. The van der Waals surface area contributed by atoms with Gasteiger partial charge in [0.25, 0.3) is 0 Å². The van der Waals surface area contributed by atoms with E-state index >= 15 is 0 Å². The number of halogens is 3. The van der Waals surface area contributed by atoms with Gasteiger partial charge in [-0.05, 0) is 30.0 Å². The minimum absolute atomic E-state index is 0.0936. The molecular formula is C18H17F3N4O. The van der Waals surface area contributed by atoms with E-state index in [0.29, 0.717) is 18.8 Å². The molecule has 0 aliphatic carbocycles. The molecule has 1 aliphatic heterocycles. The van der Waals surface area contributed by atoms with E-state index in [0.717, 1.165) is 17.7 Å². The largest absolute Gasteiger partial charge is 0.451 e. The van der Waals surface area contributed by atoms with E-state index in [1.165, 1.54) is 18.5 Å². The molecule has 0 fully saturated rings. The van der Waals surface area contributed by atoms with Crippen LogP contribution in [0, 0.1) is 5.92 Å². The van der Waals surface area contributed by atoms with Crippen molar-refractivity contribution in [3.63, 3.8) is 0 Å². The fourth-order valence-electron chi connectivity index (χ4n) is 2.98. The zero-order valence-corrected chi connectivity index (χ0v) is 13.8. The van der Waals surface area contributed by atoms with Crippen LogP contribution in [0.2, 0.25) is 0 Å². The SMILES string of the molecule is C=CC(=O)NCC1Cc2ccccc2N(c2cnc(C(F)(F)F)nc2)C1. The number of fused-ring (bicyclic) bond motifs is 1. The van der Waals surface area contributed by atoms with Crippen LogP contribution in [0.4, 0.5) is 24.5 Å². The van der Waals surface area contributed by atoms with Crippen LogP contribution in [0.15, 0.2) is 49.3 Å². The molecule has 2 aromatic rings. The summed E-state index contributed by atoms with van der Waals surface area (Å²) >= 11 is 0. The highest BCUT2D eigenvalue weighted by molar-refractivity contribution is 5.86. The van der Waals surface area contributed by atoms with Gasteiger partial charge in [0.1, 0.15) is 0 Å². The quantitative estimate of drug-likeness (QED) is 0.849. The maximum atomic E-state index is 12.7. The van der Waals surface area contributed by atoms with E-state index in [1.54, 1.807) is 0 Å². The second kappa shape index (κ2) is 7.15. The van der Waals surface area contributed by atoms with E-state index in [2.05, 4.69) is 21.9 Å². The zero-order valence-electron chi connectivity index (χ0n) is 13.8. The Balaban J connectivity index is 1.87. The Morgan fingerprint density at radius 1 is 1.31 bits per heavy atom. The van der Waals surface area contributed by atoms with Crippen molar-refractivity contribution in [3.8, 4) is 0 Å². The molecule has 136 valence electrons. The minimum Gasteiger partial charge on any atom is -0.352 e. The first-order valence-electron chi connectivity index (χ1n) is 8.03. The number of anilines is 2. The van der Waals surface area contributed by atoms with Gasteiger partial charge < -0.3 is 10.2 Å². The fourth-order valence-corrected chi connectivity index (χ4v) is 2.98. The average Bonchev–Trinajstić information content (AvgIpc) is 2.64. The summed E-state index contributed by atoms with van der Waals surface area (Å²) < 4.78 is 38.1. The molecule has 26 heavy (non-hydrogen) atoms. The summed E-state index contributed by atoms with van der Waals surface area (Å²) in [5.74, 6) is -1.33. The number of para-hydroxylation sites is 1. The molecule has 3 rings (SSSR count). The van der Waals surface area contributed by atoms with Crippen molar-refractivity contribution in [2.75, 3.05) is 18.0 Å². The number of hydrogen-bond acceptors (Lipinski definition) is 4. The van der Waals surface area contributed by atoms with Gasteiger partial charge >= 0.3 is 6.18 Å². The summed E-state index contributed by atoms with van der Waals surface area (Å²) in [6, 6.07) is 7.65. The highest BCUT2D eigenvalue weighted by Gasteiger charge is 2.35. The second-order valence-electron chi connectivity index (χ2n) is 6.02. The average molecular weight is 362 g/mol. The topological polar surface area (TPSA) is 58.1 Å². The molecule has 8 heteroatoms. The Labute approximate surface area is 148 Å². The lowest BCUT2D eigenvalue weighted by Crippen LogP contribution is -2.39. The first kappa shape index (κ1) is 17.9. The third-order valence-electron chi connectivity index (χ3n) is 4.19. The van der Waals surface area contributed by atoms with Crippen LogP contribution in [0.25, 0.3) is 0 Å². The van der Waals surface area contributed by atoms with Gasteiger partial charge in [0.2, 0.25) is 11.7 Å². The standard InChI is InChI=1S/C18H17F3N4O/c1-2-16(26)22-8-12-7-13-5-3-4-6-15(13)25(11-12)14-9-23-17(24-10-14)18(19,20)21/h2-6,9-10,12H,1,7-8,11H2,(H,22,26). The summed E-state index contributed by atoms with van der Waals surface area (Å²) in [4.78, 5) is 20.2. The van der Waals surface area contributed by atoms with E-state index in [4.69, 9.17) is 0 Å². The van der Waals surface area contributed by atoms with Gasteiger partial charge in [-0.3, -0.25) is 4.79 Å². The maximum absolute atomic E-state index is 12.7. The number of carbonyl (C=O) groups excluding carboxylic acids is 1. The molecule has 1 aromatic heterocycles. The van der Waals surface area contributed by atoms with E-state index in [9.17, 15) is 18.0 Å². The Kier molecular flexibility index (Phi) is 4.92. The van der Waals surface area contributed by atoms with E-state index < -0.39 is 12.0 Å². The smallest absolute Gasteiger partial charge is 0.352 e. The first-order valence-corrected chi connectivity index (χ1v) is 8.03. The van der Waals surface area contributed by atoms with Gasteiger partial charge in [-0.25, -0.2) is 9.97 Å². The monoisotopic (exact) mass is 362 g/mol. The first-order chi connectivity index (χ1) is 12.4. The van der Waals surface area contributed by atoms with Crippen molar-refractivity contribution in [1.82, 2.24) is 15.3 Å². The molecule has 0 bridgehead atoms. The van der Waals surface area contributed by atoms with Crippen molar-refractivity contribution >= 4 is 17.3 Å². The van der Waals surface area contributed by atoms with E-state index in [1.807, 2.05) is 29.2 Å². The normalized spacial score (nSPS) is 16.7. The van der Waals surface area contributed by atoms with Crippen LogP contribution in [-0.2, 0) is 17.4 Å². The van der Waals surface area contributed by atoms with Gasteiger partial charge in [0.15, 0.2) is 0 Å². The lowest BCUT2D eigenvalue weighted by atomic mass is 9.92. The van der Waals surface area contributed by atoms with Crippen LogP contribution in [0.5, 0.6) is 0 Å². The van der Waals surface area contributed by atoms with Crippen molar-refractivity contribution in [2.24, 2.45) is 5.92 Å². The fraction of sp³-hybridized carbons (Fsp3) is 0.278. The Morgan fingerprint density at radius 3 is 2.65 bits per heavy atom. The van der Waals surface area contributed by atoms with Crippen molar-refractivity contribution < 1.29 is 18.0 Å². The molecule has 0 radical (unpaired) electrons. The predicted molar refractivity (Wildman–Crippen MR) is 90.9 cm³/mol. The van der Waals surface area contributed by atoms with Crippen LogP contribution in [0.3, 0.4) is 0 Å². The van der Waals surface area contributed by atoms with Gasteiger partial charge in [0, 0.05) is 18.8 Å². The summed E-state index contributed by atoms with van der Waals surface area (Å²) in [6.07, 6.45) is -0.256. The molecule has 1 N–H and O–H groups in total. The van der Waals surface area contributed by atoms with Crippen molar-refractivity contribution in [3.05, 3.63) is 60.7 Å². The summed E-state index contributed by atoms with van der Waals surface area (Å²) in [6.45, 7) is 4.39. The Hall–Kier alpha value is -2.90. The molecule has 1 unspecified atom stereocenters. The van der Waals surface area contributed by atoms with Crippen LogP contribution >= 0.6 is 0 Å². The minimum atomic E-state index is -4.57. The molecule has 1 amide bonds. The Morgan fingerprint density at radius 2 is 2.00 bits per heavy atom. The number of nitrogens with one attached hydrogen (secondary N) is 1. The summed E-state index contributed by atoms with van der Waals surface area (Å²) in [5.41, 5.74) is 2.43. The zero-order chi connectivity index (χ0) is 18.7. The van der Waals surface area contributed by atoms with Gasteiger partial charge in [-0.1, -0.05) is 24.8 Å². The third kappa shape index (κ3) is 3.84. The number of carbonyl (C=O) groups is 1. The summed E-state index contributed by atoms with van der Waals surface area (Å²) in [7, 11) is 0. The lowest BCUT2D eigenvalue weighted by Gasteiger charge is -2.36. The van der Waals surface area contributed by atoms with Gasteiger partial charge in [-0.15, -0.1) is 0 Å². The molecule has 5 nitrogen and oxygen atoms in total. The molecule has 1 aromatic carbocycles. The number of alkyl halides is 3. The highest BCUT2D eigenvalue weighted by Crippen LogP contribution is 2.35. The molecule has 2 heterocycles. The van der Waals surface area contributed by atoms with Crippen molar-refractivity contribution in [2.45, 2.75) is 12.6 Å². The van der Waals surface area contributed by atoms with Crippen molar-refractivity contribution in [1.29, 1.82) is 0 Å². The number of benzene rings is 1. The number of rotatable bonds is 4.